The van der Waals surface area contributed by atoms with Gasteiger partial charge in [0.05, 0.1) is 26.9 Å². The molecule has 0 aliphatic carbocycles. The molecule has 3 rings (SSSR count). The summed E-state index contributed by atoms with van der Waals surface area (Å²) in [6, 6.07) is 20.0. The average Bonchev–Trinajstić information content (AvgIpc) is 2.69. The summed E-state index contributed by atoms with van der Waals surface area (Å²) in [5.74, 6) is 0. The fourth-order valence-electron chi connectivity index (χ4n) is 2.01. The lowest BCUT2D eigenvalue weighted by Crippen LogP contribution is -3.61. The van der Waals surface area contributed by atoms with E-state index in [0.717, 1.165) is 7.14 Å². The number of non-ortho nitro benzene ring substituents is 2. The zero-order valence-electron chi connectivity index (χ0n) is 14.5. The van der Waals surface area contributed by atoms with Crippen molar-refractivity contribution in [3.8, 4) is 0 Å². The number of benzene rings is 3. The summed E-state index contributed by atoms with van der Waals surface area (Å²) in [5, 5.41) is 21.4. The quantitative estimate of drug-likeness (QED) is 0.200. The minimum atomic E-state index is -4.25. The molecule has 0 atom stereocenters. The summed E-state index contributed by atoms with van der Waals surface area (Å²) in [6.45, 7) is 0. The Morgan fingerprint density at radius 1 is 0.690 bits per heavy atom. The Morgan fingerprint density at radius 3 is 1.48 bits per heavy atom. The lowest BCUT2D eigenvalue weighted by molar-refractivity contribution is -0.598. The highest BCUT2D eigenvalue weighted by atomic mass is 127. The van der Waals surface area contributed by atoms with Crippen molar-refractivity contribution >= 4 is 21.5 Å². The lowest BCUT2D eigenvalue weighted by atomic mass is 10.3. The van der Waals surface area contributed by atoms with Gasteiger partial charge in [-0.05, 0) is 24.3 Å². The van der Waals surface area contributed by atoms with Crippen LogP contribution in [0, 0.1) is 27.4 Å². The summed E-state index contributed by atoms with van der Waals surface area (Å²) in [7, 11) is -4.25. The van der Waals surface area contributed by atoms with Gasteiger partial charge in [0.15, 0.2) is 0 Å². The second-order valence-electron chi connectivity index (χ2n) is 5.34. The van der Waals surface area contributed by atoms with Crippen LogP contribution in [0.5, 0.6) is 0 Å². The molecule has 11 heteroatoms. The Morgan fingerprint density at radius 2 is 1.14 bits per heavy atom. The summed E-state index contributed by atoms with van der Waals surface area (Å²) in [6.07, 6.45) is 0. The van der Waals surface area contributed by atoms with E-state index in [2.05, 4.69) is 0 Å². The topological polar surface area (TPSA) is 143 Å². The van der Waals surface area contributed by atoms with E-state index in [1.807, 2.05) is 0 Å². The third kappa shape index (κ3) is 7.21. The molecule has 0 spiro atoms. The zero-order chi connectivity index (χ0) is 21.4. The number of nitro benzene ring substituents is 2. The van der Waals surface area contributed by atoms with Crippen LogP contribution in [0.15, 0.2) is 83.8 Å². The van der Waals surface area contributed by atoms with Crippen molar-refractivity contribution in [2.24, 2.45) is 0 Å². The van der Waals surface area contributed by atoms with Crippen LogP contribution in [0.4, 0.5) is 11.4 Å². The van der Waals surface area contributed by atoms with Gasteiger partial charge >= 0.3 is 21.2 Å². The summed E-state index contributed by atoms with van der Waals surface area (Å²) >= 11 is -0.665. The Hall–Kier alpha value is -2.90. The monoisotopic (exact) mass is 528 g/mol. The van der Waals surface area contributed by atoms with Gasteiger partial charge in [-0.2, -0.15) is 0 Å². The van der Waals surface area contributed by atoms with Crippen LogP contribution >= 0.6 is 0 Å². The second kappa shape index (κ2) is 10.0. The zero-order valence-corrected chi connectivity index (χ0v) is 17.5. The van der Waals surface area contributed by atoms with Crippen molar-refractivity contribution in [3.05, 3.63) is 106 Å². The molecular weight excluding hydrogens is 515 g/mol. The van der Waals surface area contributed by atoms with Gasteiger partial charge in [0.25, 0.3) is 11.4 Å². The normalized spacial score (nSPS) is 10.5. The predicted octanol–water partition coefficient (Wildman–Crippen LogP) is 0.222. The molecule has 0 aromatic heterocycles. The standard InChI is InChI=1S/C12H8IN2O4.C6H6O3S/c16-14(17)11-5-1-3-9(7-11)13-10-4-2-6-12(8-10)15(18)19;7-10(8,9)6-4-2-1-3-5-6/h1-8H;1-5H,(H,7,8,9)/q+1;/p-1. The summed E-state index contributed by atoms with van der Waals surface area (Å²) in [5.41, 5.74) is 0.0882. The Kier molecular flexibility index (Phi) is 7.75. The first kappa shape index (κ1) is 22.4. The molecule has 0 unspecified atom stereocenters. The Labute approximate surface area is 176 Å². The molecule has 0 heterocycles. The van der Waals surface area contributed by atoms with Gasteiger partial charge in [0.2, 0.25) is 7.14 Å². The molecule has 0 saturated carbocycles. The van der Waals surface area contributed by atoms with Gasteiger partial charge in [-0.3, -0.25) is 20.2 Å². The first-order valence-electron chi connectivity index (χ1n) is 7.81. The first-order valence-corrected chi connectivity index (χ1v) is 11.4. The van der Waals surface area contributed by atoms with Crippen LogP contribution in [0.2, 0.25) is 0 Å². The van der Waals surface area contributed by atoms with Crippen molar-refractivity contribution in [3.63, 3.8) is 0 Å². The molecule has 0 saturated heterocycles. The molecule has 9 nitrogen and oxygen atoms in total. The summed E-state index contributed by atoms with van der Waals surface area (Å²) < 4.78 is 32.5. The van der Waals surface area contributed by atoms with Gasteiger partial charge in [0, 0.05) is 12.1 Å². The Balaban J connectivity index is 0.000000253. The lowest BCUT2D eigenvalue weighted by Gasteiger charge is -2.04. The number of hydrogen-bond acceptors (Lipinski definition) is 7. The molecule has 0 aliphatic heterocycles. The molecule has 0 radical (unpaired) electrons. The molecule has 0 fully saturated rings. The SMILES string of the molecule is O=S(=O)([O-])c1ccccc1.O=[N+]([O-])c1cccc([I+]c2cccc([N+](=O)[O-])c2)c1. The molecule has 3 aromatic rings. The molecule has 3 aromatic carbocycles. The minimum Gasteiger partial charge on any atom is -0.744 e. The molecule has 0 bridgehead atoms. The fourth-order valence-corrected chi connectivity index (χ4v) is 4.94. The molecule has 0 N–H and O–H groups in total. The molecule has 0 amide bonds. The van der Waals surface area contributed by atoms with Crippen LogP contribution < -0.4 is 21.2 Å². The van der Waals surface area contributed by atoms with E-state index in [1.165, 1.54) is 48.5 Å². The van der Waals surface area contributed by atoms with Crippen LogP contribution in [0.3, 0.4) is 0 Å². The van der Waals surface area contributed by atoms with Gasteiger partial charge in [-0.1, -0.05) is 30.3 Å². The van der Waals surface area contributed by atoms with Crippen LogP contribution in [0.1, 0.15) is 0 Å². The van der Waals surface area contributed by atoms with Crippen LogP contribution in [-0.4, -0.2) is 22.8 Å². The highest BCUT2D eigenvalue weighted by molar-refractivity contribution is 7.85. The second-order valence-corrected chi connectivity index (χ2v) is 9.75. The van der Waals surface area contributed by atoms with E-state index in [-0.39, 0.29) is 16.3 Å². The third-order valence-corrected chi connectivity index (χ3v) is 6.73. The number of nitro groups is 2. The molecule has 0 aliphatic rings. The fraction of sp³-hybridized carbons (Fsp3) is 0. The van der Waals surface area contributed by atoms with E-state index in [0.29, 0.717) is 0 Å². The maximum atomic E-state index is 10.7. The number of nitrogens with zero attached hydrogens (tertiary/aromatic N) is 2. The highest BCUT2D eigenvalue weighted by Crippen LogP contribution is 2.09. The number of halogens is 1. The summed E-state index contributed by atoms with van der Waals surface area (Å²) in [4.78, 5) is 20.3. The van der Waals surface area contributed by atoms with Crippen molar-refractivity contribution in [1.29, 1.82) is 0 Å². The maximum absolute atomic E-state index is 10.7. The molecule has 29 heavy (non-hydrogen) atoms. The average molecular weight is 528 g/mol. The number of hydrogen-bond donors (Lipinski definition) is 0. The van der Waals surface area contributed by atoms with E-state index < -0.39 is 41.2 Å². The smallest absolute Gasteiger partial charge is 0.358 e. The van der Waals surface area contributed by atoms with Crippen molar-refractivity contribution in [1.82, 2.24) is 0 Å². The van der Waals surface area contributed by atoms with Crippen molar-refractivity contribution < 1.29 is 44.0 Å². The van der Waals surface area contributed by atoms with E-state index in [9.17, 15) is 33.2 Å². The predicted molar refractivity (Wildman–Crippen MR) is 98.0 cm³/mol. The van der Waals surface area contributed by atoms with Crippen LogP contribution in [-0.2, 0) is 10.1 Å². The van der Waals surface area contributed by atoms with Crippen molar-refractivity contribution in [2.75, 3.05) is 0 Å². The number of rotatable bonds is 5. The highest BCUT2D eigenvalue weighted by Gasteiger charge is 2.21. The largest absolute Gasteiger partial charge is 0.744 e. The molecular formula is C18H13IN2O7S. The van der Waals surface area contributed by atoms with E-state index >= 15 is 0 Å². The molecule has 150 valence electrons. The maximum Gasteiger partial charge on any atom is 0.358 e. The van der Waals surface area contributed by atoms with Gasteiger partial charge in [0.1, 0.15) is 10.1 Å². The van der Waals surface area contributed by atoms with E-state index in [4.69, 9.17) is 0 Å². The Bertz CT molecular complexity index is 1070. The van der Waals surface area contributed by atoms with Crippen LogP contribution in [0.25, 0.3) is 0 Å². The minimum absolute atomic E-state index is 0.0441. The van der Waals surface area contributed by atoms with Crippen molar-refractivity contribution in [2.45, 2.75) is 4.90 Å². The van der Waals surface area contributed by atoms with Gasteiger partial charge < -0.3 is 4.55 Å². The first-order chi connectivity index (χ1) is 13.7. The van der Waals surface area contributed by atoms with Gasteiger partial charge in [-0.15, -0.1) is 0 Å². The van der Waals surface area contributed by atoms with E-state index in [1.54, 1.807) is 30.3 Å². The van der Waals surface area contributed by atoms with Gasteiger partial charge in [-0.25, -0.2) is 8.42 Å². The third-order valence-electron chi connectivity index (χ3n) is 3.29.